The van der Waals surface area contributed by atoms with Gasteiger partial charge in [-0.3, -0.25) is 0 Å². The highest BCUT2D eigenvalue weighted by Gasteiger charge is 2.20. The van der Waals surface area contributed by atoms with E-state index in [2.05, 4.69) is 31.3 Å². The van der Waals surface area contributed by atoms with Crippen LogP contribution in [-0.4, -0.2) is 18.2 Å². The zero-order chi connectivity index (χ0) is 12.3. The predicted octanol–water partition coefficient (Wildman–Crippen LogP) is 2.84. The molecule has 2 nitrogen and oxygen atoms in total. The van der Waals surface area contributed by atoms with Gasteiger partial charge in [-0.2, -0.15) is 0 Å². The van der Waals surface area contributed by atoms with E-state index in [0.717, 1.165) is 18.0 Å². The Kier molecular flexibility index (Phi) is 4.19. The second-order valence-electron chi connectivity index (χ2n) is 5.44. The molecule has 0 heterocycles. The highest BCUT2D eigenvalue weighted by Crippen LogP contribution is 2.27. The molecule has 0 aromatic heterocycles. The molecular weight excluding hydrogens is 210 g/mol. The third-order valence-electron chi connectivity index (χ3n) is 3.46. The van der Waals surface area contributed by atoms with Crippen LogP contribution in [0.25, 0.3) is 0 Å². The number of hydrogen-bond acceptors (Lipinski definition) is 2. The van der Waals surface area contributed by atoms with E-state index in [0.29, 0.717) is 12.5 Å². The molecule has 94 valence electrons. The molecule has 1 aromatic rings. The van der Waals surface area contributed by atoms with Crippen molar-refractivity contribution in [2.45, 2.75) is 38.7 Å². The Balaban J connectivity index is 1.82. The lowest BCUT2D eigenvalue weighted by Crippen LogP contribution is -2.23. The van der Waals surface area contributed by atoms with E-state index in [1.54, 1.807) is 0 Å². The fourth-order valence-corrected chi connectivity index (χ4v) is 1.97. The maximum Gasteiger partial charge on any atom is 0.0914 e. The van der Waals surface area contributed by atoms with Crippen molar-refractivity contribution < 1.29 is 5.11 Å². The second-order valence-corrected chi connectivity index (χ2v) is 5.44. The molecule has 2 heteroatoms. The van der Waals surface area contributed by atoms with Crippen molar-refractivity contribution in [3.63, 3.8) is 0 Å². The molecule has 1 unspecified atom stereocenters. The first-order valence-corrected chi connectivity index (χ1v) is 6.65. The number of nitrogens with one attached hydrogen (secondary N) is 1. The van der Waals surface area contributed by atoms with Crippen LogP contribution in [-0.2, 0) is 0 Å². The fraction of sp³-hybridized carbons (Fsp3) is 0.600. The summed E-state index contributed by atoms with van der Waals surface area (Å²) < 4.78 is 0. The Morgan fingerprint density at radius 1 is 1.18 bits per heavy atom. The molecule has 2 rings (SSSR count). The van der Waals surface area contributed by atoms with Crippen LogP contribution < -0.4 is 5.32 Å². The molecule has 2 N–H and O–H groups in total. The molecule has 0 saturated heterocycles. The van der Waals surface area contributed by atoms with Gasteiger partial charge in [0.15, 0.2) is 0 Å². The average molecular weight is 233 g/mol. The van der Waals surface area contributed by atoms with Gasteiger partial charge in [0, 0.05) is 6.54 Å². The van der Waals surface area contributed by atoms with Gasteiger partial charge in [0.25, 0.3) is 0 Å². The van der Waals surface area contributed by atoms with Crippen LogP contribution in [0.2, 0.25) is 0 Å². The summed E-state index contributed by atoms with van der Waals surface area (Å²) >= 11 is 0. The standard InChI is InChI=1S/C15H23NO/c1-11(2)13-5-7-14(8-6-13)15(17)10-16-9-12-3-4-12/h5-8,11-12,15-17H,3-4,9-10H2,1-2H3. The third kappa shape index (κ3) is 3.83. The van der Waals surface area contributed by atoms with Gasteiger partial charge in [0.2, 0.25) is 0 Å². The highest BCUT2D eigenvalue weighted by atomic mass is 16.3. The summed E-state index contributed by atoms with van der Waals surface area (Å²) in [7, 11) is 0. The molecule has 1 aliphatic carbocycles. The van der Waals surface area contributed by atoms with Crippen molar-refractivity contribution in [3.05, 3.63) is 35.4 Å². The molecule has 1 aromatic carbocycles. The van der Waals surface area contributed by atoms with Gasteiger partial charge in [0.1, 0.15) is 0 Å². The molecule has 0 bridgehead atoms. The first kappa shape index (κ1) is 12.6. The lowest BCUT2D eigenvalue weighted by molar-refractivity contribution is 0.174. The van der Waals surface area contributed by atoms with Crippen LogP contribution in [0.3, 0.4) is 0 Å². The molecule has 0 aliphatic heterocycles. The summed E-state index contributed by atoms with van der Waals surface area (Å²) in [6.45, 7) is 6.09. The lowest BCUT2D eigenvalue weighted by atomic mass is 10.00. The predicted molar refractivity (Wildman–Crippen MR) is 71.1 cm³/mol. The van der Waals surface area contributed by atoms with Gasteiger partial charge in [-0.25, -0.2) is 0 Å². The summed E-state index contributed by atoms with van der Waals surface area (Å²) in [6.07, 6.45) is 2.33. The number of benzene rings is 1. The normalized spacial score (nSPS) is 17.4. The minimum atomic E-state index is -0.380. The van der Waals surface area contributed by atoms with Crippen LogP contribution in [0.4, 0.5) is 0 Å². The number of aliphatic hydroxyl groups is 1. The van der Waals surface area contributed by atoms with Gasteiger partial charge < -0.3 is 10.4 Å². The fourth-order valence-electron chi connectivity index (χ4n) is 1.97. The van der Waals surface area contributed by atoms with Crippen molar-refractivity contribution in [1.29, 1.82) is 0 Å². The van der Waals surface area contributed by atoms with E-state index >= 15 is 0 Å². The third-order valence-corrected chi connectivity index (χ3v) is 3.46. The lowest BCUT2D eigenvalue weighted by Gasteiger charge is -2.13. The number of aliphatic hydroxyl groups excluding tert-OH is 1. The van der Waals surface area contributed by atoms with Gasteiger partial charge in [-0.1, -0.05) is 38.1 Å². The number of hydrogen-bond donors (Lipinski definition) is 2. The van der Waals surface area contributed by atoms with Crippen molar-refractivity contribution in [2.75, 3.05) is 13.1 Å². The zero-order valence-electron chi connectivity index (χ0n) is 10.8. The first-order chi connectivity index (χ1) is 8.16. The Hall–Kier alpha value is -0.860. The maximum atomic E-state index is 10.0. The minimum absolute atomic E-state index is 0.380. The highest BCUT2D eigenvalue weighted by molar-refractivity contribution is 5.26. The minimum Gasteiger partial charge on any atom is -0.387 e. The molecule has 1 aliphatic rings. The number of rotatable bonds is 6. The second kappa shape index (κ2) is 5.65. The monoisotopic (exact) mass is 233 g/mol. The van der Waals surface area contributed by atoms with E-state index in [9.17, 15) is 5.11 Å². The van der Waals surface area contributed by atoms with Crippen LogP contribution in [0.1, 0.15) is 49.8 Å². The molecule has 1 fully saturated rings. The Morgan fingerprint density at radius 2 is 1.76 bits per heavy atom. The van der Waals surface area contributed by atoms with E-state index in [-0.39, 0.29) is 6.10 Å². The zero-order valence-corrected chi connectivity index (χ0v) is 10.8. The van der Waals surface area contributed by atoms with Crippen LogP contribution in [0, 0.1) is 5.92 Å². The van der Waals surface area contributed by atoms with Gasteiger partial charge in [-0.05, 0) is 42.3 Å². The molecule has 1 atom stereocenters. The Bertz CT molecular complexity index is 340. The maximum absolute atomic E-state index is 10.0. The average Bonchev–Trinajstić information content (AvgIpc) is 3.13. The quantitative estimate of drug-likeness (QED) is 0.792. The summed E-state index contributed by atoms with van der Waals surface area (Å²) in [5.74, 6) is 1.42. The molecule has 0 spiro atoms. The summed E-state index contributed by atoms with van der Waals surface area (Å²) in [6, 6.07) is 8.31. The van der Waals surface area contributed by atoms with Crippen LogP contribution in [0.5, 0.6) is 0 Å². The largest absolute Gasteiger partial charge is 0.387 e. The summed E-state index contributed by atoms with van der Waals surface area (Å²) in [5.41, 5.74) is 2.34. The Labute approximate surface area is 104 Å². The van der Waals surface area contributed by atoms with Crippen molar-refractivity contribution in [2.24, 2.45) is 5.92 Å². The molecule has 0 radical (unpaired) electrons. The van der Waals surface area contributed by atoms with Gasteiger partial charge in [0.05, 0.1) is 6.10 Å². The molecule has 0 amide bonds. The Morgan fingerprint density at radius 3 is 2.29 bits per heavy atom. The van der Waals surface area contributed by atoms with Crippen molar-refractivity contribution in [1.82, 2.24) is 5.32 Å². The SMILES string of the molecule is CC(C)c1ccc(C(O)CNCC2CC2)cc1. The summed E-state index contributed by atoms with van der Waals surface area (Å²) in [5, 5.41) is 13.4. The van der Waals surface area contributed by atoms with E-state index < -0.39 is 0 Å². The summed E-state index contributed by atoms with van der Waals surface area (Å²) in [4.78, 5) is 0. The van der Waals surface area contributed by atoms with E-state index in [4.69, 9.17) is 0 Å². The van der Waals surface area contributed by atoms with Crippen molar-refractivity contribution in [3.8, 4) is 0 Å². The van der Waals surface area contributed by atoms with E-state index in [1.165, 1.54) is 18.4 Å². The van der Waals surface area contributed by atoms with Crippen LogP contribution >= 0.6 is 0 Å². The smallest absolute Gasteiger partial charge is 0.0914 e. The van der Waals surface area contributed by atoms with E-state index in [1.807, 2.05) is 12.1 Å². The molecule has 17 heavy (non-hydrogen) atoms. The van der Waals surface area contributed by atoms with Crippen LogP contribution in [0.15, 0.2) is 24.3 Å². The van der Waals surface area contributed by atoms with Gasteiger partial charge >= 0.3 is 0 Å². The molecular formula is C15H23NO. The first-order valence-electron chi connectivity index (χ1n) is 6.65. The van der Waals surface area contributed by atoms with Crippen molar-refractivity contribution >= 4 is 0 Å². The van der Waals surface area contributed by atoms with Gasteiger partial charge in [-0.15, -0.1) is 0 Å². The molecule has 1 saturated carbocycles. The topological polar surface area (TPSA) is 32.3 Å².